The second-order valence-corrected chi connectivity index (χ2v) is 10.6. The Kier molecular flexibility index (Phi) is 12.6. The van der Waals surface area contributed by atoms with Gasteiger partial charge < -0.3 is 19.6 Å². The van der Waals surface area contributed by atoms with E-state index in [2.05, 4.69) is 9.80 Å². The number of likely N-dealkylation sites (tertiary alicyclic amines) is 2. The van der Waals surface area contributed by atoms with Gasteiger partial charge in [-0.25, -0.2) is 0 Å². The predicted octanol–water partition coefficient (Wildman–Crippen LogP) is 3.71. The van der Waals surface area contributed by atoms with Gasteiger partial charge in [-0.05, 0) is 64.7 Å². The van der Waals surface area contributed by atoms with Crippen LogP contribution < -0.4 is 0 Å². The van der Waals surface area contributed by atoms with E-state index >= 15 is 0 Å². The molecule has 2 heterocycles. The van der Waals surface area contributed by atoms with Gasteiger partial charge in [-0.2, -0.15) is 0 Å². The van der Waals surface area contributed by atoms with Crippen LogP contribution in [-0.4, -0.2) is 98.9 Å². The lowest BCUT2D eigenvalue weighted by molar-refractivity contribution is -0.135. The van der Waals surface area contributed by atoms with E-state index in [0.717, 1.165) is 65.0 Å². The fourth-order valence-corrected chi connectivity index (χ4v) is 5.38. The normalized spacial score (nSPS) is 22.6. The summed E-state index contributed by atoms with van der Waals surface area (Å²) in [5, 5.41) is 0. The van der Waals surface area contributed by atoms with E-state index in [-0.39, 0.29) is 11.8 Å². The van der Waals surface area contributed by atoms with Crippen LogP contribution in [0.1, 0.15) is 77.0 Å². The van der Waals surface area contributed by atoms with Crippen LogP contribution in [0.5, 0.6) is 0 Å². The van der Waals surface area contributed by atoms with Crippen LogP contribution in [0.15, 0.2) is 0 Å². The maximum Gasteiger partial charge on any atom is 0.226 e. The summed E-state index contributed by atoms with van der Waals surface area (Å²) in [4.78, 5) is 32.9. The SMILES string of the molecule is CN(C)C(=O)C1CCCN(CCCCCCCCCCN2CCCC(C(=O)N(C)C)C2)C1. The Bertz CT molecular complexity index is 504. The van der Waals surface area contributed by atoms with Gasteiger partial charge in [-0.15, -0.1) is 0 Å². The van der Waals surface area contributed by atoms with Crippen LogP contribution >= 0.6 is 0 Å². The Hall–Kier alpha value is -1.14. The fraction of sp³-hybridized carbons (Fsp3) is 0.923. The minimum absolute atomic E-state index is 0.211. The number of carbonyl (C=O) groups excluding carboxylic acids is 2. The van der Waals surface area contributed by atoms with Crippen LogP contribution in [0.4, 0.5) is 0 Å². The van der Waals surface area contributed by atoms with Crippen LogP contribution in [-0.2, 0) is 9.59 Å². The minimum atomic E-state index is 0.211. The summed E-state index contributed by atoms with van der Waals surface area (Å²) >= 11 is 0. The molecule has 0 aromatic rings. The molecule has 2 amide bonds. The number of rotatable bonds is 13. The fourth-order valence-electron chi connectivity index (χ4n) is 5.38. The molecule has 0 aromatic carbocycles. The first-order valence-corrected chi connectivity index (χ1v) is 13.3. The first kappa shape index (κ1) is 27.1. The summed E-state index contributed by atoms with van der Waals surface area (Å²) < 4.78 is 0. The molecule has 186 valence electrons. The van der Waals surface area contributed by atoms with Crippen LogP contribution in [0.25, 0.3) is 0 Å². The standard InChI is InChI=1S/C26H50N4O2/c1-27(2)25(31)23-15-13-19-29(21-23)17-11-9-7-5-6-8-10-12-18-30-20-14-16-24(22-30)26(32)28(3)4/h23-24H,5-22H2,1-4H3. The van der Waals surface area contributed by atoms with Crippen molar-refractivity contribution in [2.75, 3.05) is 67.5 Å². The summed E-state index contributed by atoms with van der Waals surface area (Å²) in [6.07, 6.45) is 15.0. The number of carbonyl (C=O) groups is 2. The molecular formula is C26H50N4O2. The van der Waals surface area contributed by atoms with E-state index in [1.165, 1.54) is 51.4 Å². The van der Waals surface area contributed by atoms with Crippen molar-refractivity contribution >= 4 is 11.8 Å². The molecule has 0 aliphatic carbocycles. The third kappa shape index (κ3) is 9.78. The van der Waals surface area contributed by atoms with Gasteiger partial charge in [0.15, 0.2) is 0 Å². The van der Waals surface area contributed by atoms with Gasteiger partial charge in [0.05, 0.1) is 11.8 Å². The van der Waals surface area contributed by atoms with Gasteiger partial charge in [0, 0.05) is 41.3 Å². The minimum Gasteiger partial charge on any atom is -0.349 e. The van der Waals surface area contributed by atoms with Crippen molar-refractivity contribution in [1.29, 1.82) is 0 Å². The van der Waals surface area contributed by atoms with E-state index in [9.17, 15) is 9.59 Å². The Labute approximate surface area is 197 Å². The predicted molar refractivity (Wildman–Crippen MR) is 133 cm³/mol. The Morgan fingerprint density at radius 1 is 0.625 bits per heavy atom. The molecule has 6 heteroatoms. The molecule has 0 aromatic heterocycles. The number of hydrogen-bond donors (Lipinski definition) is 0. The van der Waals surface area contributed by atoms with Crippen molar-refractivity contribution in [3.05, 3.63) is 0 Å². The average molecular weight is 451 g/mol. The van der Waals surface area contributed by atoms with Crippen LogP contribution in [0.3, 0.4) is 0 Å². The third-order valence-corrected chi connectivity index (χ3v) is 7.29. The molecule has 6 nitrogen and oxygen atoms in total. The van der Waals surface area contributed by atoms with Gasteiger partial charge >= 0.3 is 0 Å². The molecule has 2 aliphatic rings. The summed E-state index contributed by atoms with van der Waals surface area (Å²) in [6, 6.07) is 0. The molecule has 32 heavy (non-hydrogen) atoms. The number of piperidine rings is 2. The number of unbranched alkanes of at least 4 members (excludes halogenated alkanes) is 7. The van der Waals surface area contributed by atoms with Crippen molar-refractivity contribution in [3.63, 3.8) is 0 Å². The molecule has 2 aliphatic heterocycles. The molecule has 2 atom stereocenters. The Morgan fingerprint density at radius 3 is 1.31 bits per heavy atom. The summed E-state index contributed by atoms with van der Waals surface area (Å²) in [5.41, 5.74) is 0. The van der Waals surface area contributed by atoms with E-state index < -0.39 is 0 Å². The van der Waals surface area contributed by atoms with Crippen molar-refractivity contribution in [2.45, 2.75) is 77.0 Å². The quantitative estimate of drug-likeness (QED) is 0.401. The van der Waals surface area contributed by atoms with Gasteiger partial charge in [-0.1, -0.05) is 38.5 Å². The zero-order valence-corrected chi connectivity index (χ0v) is 21.5. The third-order valence-electron chi connectivity index (χ3n) is 7.29. The highest BCUT2D eigenvalue weighted by atomic mass is 16.2. The molecular weight excluding hydrogens is 400 g/mol. The summed E-state index contributed by atoms with van der Waals surface area (Å²) in [7, 11) is 7.50. The Balaban J connectivity index is 1.43. The zero-order valence-electron chi connectivity index (χ0n) is 21.5. The van der Waals surface area contributed by atoms with E-state index in [1.54, 1.807) is 9.80 Å². The number of amides is 2. The average Bonchev–Trinajstić information content (AvgIpc) is 2.79. The molecule has 0 bridgehead atoms. The molecule has 2 saturated heterocycles. The smallest absolute Gasteiger partial charge is 0.226 e. The lowest BCUT2D eigenvalue weighted by Gasteiger charge is -2.33. The monoisotopic (exact) mass is 450 g/mol. The zero-order chi connectivity index (χ0) is 23.3. The number of nitrogens with zero attached hydrogens (tertiary/aromatic N) is 4. The molecule has 0 radical (unpaired) electrons. The van der Waals surface area contributed by atoms with Crippen LogP contribution in [0.2, 0.25) is 0 Å². The molecule has 0 saturated carbocycles. The highest BCUT2D eigenvalue weighted by Gasteiger charge is 2.27. The molecule has 2 unspecified atom stereocenters. The van der Waals surface area contributed by atoms with Crippen molar-refractivity contribution in [3.8, 4) is 0 Å². The largest absolute Gasteiger partial charge is 0.349 e. The molecule has 0 spiro atoms. The molecule has 0 N–H and O–H groups in total. The second-order valence-electron chi connectivity index (χ2n) is 10.6. The van der Waals surface area contributed by atoms with Gasteiger partial charge in [-0.3, -0.25) is 9.59 Å². The van der Waals surface area contributed by atoms with E-state index in [1.807, 2.05) is 28.2 Å². The highest BCUT2D eigenvalue weighted by molar-refractivity contribution is 5.79. The first-order valence-electron chi connectivity index (χ1n) is 13.3. The summed E-state index contributed by atoms with van der Waals surface area (Å²) in [6.45, 7) is 6.56. The van der Waals surface area contributed by atoms with Gasteiger partial charge in [0.25, 0.3) is 0 Å². The molecule has 2 rings (SSSR count). The van der Waals surface area contributed by atoms with Crippen LogP contribution in [0, 0.1) is 11.8 Å². The summed E-state index contributed by atoms with van der Waals surface area (Å²) in [5.74, 6) is 1.03. The Morgan fingerprint density at radius 2 is 0.969 bits per heavy atom. The lowest BCUT2D eigenvalue weighted by atomic mass is 9.96. The van der Waals surface area contributed by atoms with Gasteiger partial charge in [0.2, 0.25) is 11.8 Å². The second kappa shape index (κ2) is 14.9. The molecule has 2 fully saturated rings. The maximum atomic E-state index is 12.2. The lowest BCUT2D eigenvalue weighted by Crippen LogP contribution is -2.42. The highest BCUT2D eigenvalue weighted by Crippen LogP contribution is 2.20. The van der Waals surface area contributed by atoms with Gasteiger partial charge in [0.1, 0.15) is 0 Å². The van der Waals surface area contributed by atoms with Crippen molar-refractivity contribution in [2.24, 2.45) is 11.8 Å². The first-order chi connectivity index (χ1) is 15.4. The van der Waals surface area contributed by atoms with Crippen molar-refractivity contribution in [1.82, 2.24) is 19.6 Å². The van der Waals surface area contributed by atoms with E-state index in [0.29, 0.717) is 11.8 Å². The number of hydrogen-bond acceptors (Lipinski definition) is 4. The van der Waals surface area contributed by atoms with E-state index in [4.69, 9.17) is 0 Å². The maximum absolute atomic E-state index is 12.2. The topological polar surface area (TPSA) is 47.1 Å². The van der Waals surface area contributed by atoms with Crippen molar-refractivity contribution < 1.29 is 9.59 Å².